The number of benzene rings is 2. The summed E-state index contributed by atoms with van der Waals surface area (Å²) in [6.45, 7) is 10.4. The molecule has 0 fully saturated rings. The third-order valence-corrected chi connectivity index (χ3v) is 9.52. The van der Waals surface area contributed by atoms with Crippen LogP contribution in [0, 0.1) is 5.41 Å². The van der Waals surface area contributed by atoms with Gasteiger partial charge in [0.05, 0.1) is 22.8 Å². The lowest BCUT2D eigenvalue weighted by atomic mass is 9.88. The van der Waals surface area contributed by atoms with Gasteiger partial charge in [-0.25, -0.2) is 9.97 Å². The molecule has 4 heterocycles. The average molecular weight is 699 g/mol. The number of carboxylic acids is 1. The highest BCUT2D eigenvalue weighted by Crippen LogP contribution is 2.44. The number of pyridine rings is 3. The number of carboxylic acid groups (broad SMARTS) is 1. The van der Waals surface area contributed by atoms with Crippen LogP contribution in [0.2, 0.25) is 0 Å². The van der Waals surface area contributed by atoms with E-state index in [1.54, 1.807) is 31.8 Å². The molecule has 0 aliphatic rings. The van der Waals surface area contributed by atoms with E-state index in [1.807, 2.05) is 66.7 Å². The van der Waals surface area contributed by atoms with Crippen molar-refractivity contribution >= 4 is 39.7 Å². The molecule has 0 saturated carbocycles. The first-order valence-electron chi connectivity index (χ1n) is 16.1. The first kappa shape index (κ1) is 34.9. The summed E-state index contributed by atoms with van der Waals surface area (Å²) in [5.74, 6) is -0.339. The van der Waals surface area contributed by atoms with E-state index in [1.165, 1.54) is 12.3 Å². The molecule has 0 saturated heterocycles. The van der Waals surface area contributed by atoms with Crippen molar-refractivity contribution in [2.45, 2.75) is 70.0 Å². The van der Waals surface area contributed by atoms with E-state index in [4.69, 9.17) is 14.7 Å². The molecular weight excluding hydrogens is 662 g/mol. The summed E-state index contributed by atoms with van der Waals surface area (Å²) >= 11 is 1.66. The molecule has 6 rings (SSSR count). The van der Waals surface area contributed by atoms with Crippen LogP contribution in [0.25, 0.3) is 33.1 Å². The summed E-state index contributed by atoms with van der Waals surface area (Å²) in [4.78, 5) is 26.5. The lowest BCUT2D eigenvalue weighted by molar-refractivity contribution is -0.147. The van der Waals surface area contributed by atoms with E-state index >= 15 is 0 Å². The van der Waals surface area contributed by atoms with E-state index in [2.05, 4.69) is 30.3 Å². The number of para-hydroxylation sites is 1. The maximum atomic E-state index is 13.0. The Balaban J connectivity index is 1.37. The van der Waals surface area contributed by atoms with Crippen LogP contribution in [0.3, 0.4) is 0 Å². The van der Waals surface area contributed by atoms with Gasteiger partial charge in [0.1, 0.15) is 23.7 Å². The second kappa shape index (κ2) is 13.4. The van der Waals surface area contributed by atoms with E-state index in [0.29, 0.717) is 23.5 Å². The summed E-state index contributed by atoms with van der Waals surface area (Å²) in [5.41, 5.74) is 3.41. The van der Waals surface area contributed by atoms with Gasteiger partial charge in [0.15, 0.2) is 0 Å². The molecule has 50 heavy (non-hydrogen) atoms. The van der Waals surface area contributed by atoms with E-state index < -0.39 is 23.3 Å². The third-order valence-electron chi connectivity index (χ3n) is 8.25. The molecular formula is C39H37F3N4O3S. The molecule has 0 aliphatic carbocycles. The Morgan fingerprint density at radius 1 is 0.880 bits per heavy atom. The molecule has 0 amide bonds. The fourth-order valence-electron chi connectivity index (χ4n) is 5.63. The Hall–Kier alpha value is -4.90. The highest BCUT2D eigenvalue weighted by Gasteiger charge is 2.34. The number of fused-ring (bicyclic) bond motifs is 2. The van der Waals surface area contributed by atoms with E-state index in [-0.39, 0.29) is 17.8 Å². The number of hydrogen-bond donors (Lipinski definition) is 1. The normalized spacial score (nSPS) is 12.5. The number of rotatable bonds is 10. The van der Waals surface area contributed by atoms with Gasteiger partial charge in [-0.1, -0.05) is 75.4 Å². The van der Waals surface area contributed by atoms with Crippen LogP contribution in [0.15, 0.2) is 96.2 Å². The van der Waals surface area contributed by atoms with Gasteiger partial charge in [-0.15, -0.1) is 11.8 Å². The Morgan fingerprint density at radius 2 is 1.60 bits per heavy atom. The lowest BCUT2D eigenvalue weighted by Crippen LogP contribution is -2.28. The monoisotopic (exact) mass is 698 g/mol. The van der Waals surface area contributed by atoms with Crippen molar-refractivity contribution < 1.29 is 27.8 Å². The van der Waals surface area contributed by atoms with Crippen molar-refractivity contribution in [2.24, 2.45) is 5.41 Å². The van der Waals surface area contributed by atoms with Crippen LogP contribution in [-0.2, 0) is 30.5 Å². The van der Waals surface area contributed by atoms with Crippen molar-refractivity contribution in [1.82, 2.24) is 19.5 Å². The molecule has 7 nitrogen and oxygen atoms in total. The van der Waals surface area contributed by atoms with Gasteiger partial charge in [-0.2, -0.15) is 13.2 Å². The number of hydrogen-bond acceptors (Lipinski definition) is 6. The van der Waals surface area contributed by atoms with Gasteiger partial charge in [-0.05, 0) is 49.2 Å². The first-order chi connectivity index (χ1) is 23.6. The molecule has 0 radical (unpaired) electrons. The Bertz CT molecular complexity index is 2170. The zero-order valence-electron chi connectivity index (χ0n) is 28.4. The quantitative estimate of drug-likeness (QED) is 0.143. The Labute approximate surface area is 292 Å². The summed E-state index contributed by atoms with van der Waals surface area (Å²) < 4.78 is 47.2. The number of thioether (sulfide) groups is 1. The third kappa shape index (κ3) is 7.78. The largest absolute Gasteiger partial charge is 0.486 e. The predicted octanol–water partition coefficient (Wildman–Crippen LogP) is 9.84. The van der Waals surface area contributed by atoms with Crippen molar-refractivity contribution in [1.29, 1.82) is 0 Å². The molecule has 0 spiro atoms. The minimum absolute atomic E-state index is 0.204. The SMILES string of the molecule is CC(C)(C)Sc1c(CC(C)(C)C(=O)O)n(Cc2ccc(-c3ccc(C(F)(F)F)nc3)cc2)c2ncc(OCc3ccc4ccccc4n3)cc12. The highest BCUT2D eigenvalue weighted by molar-refractivity contribution is 8.00. The molecule has 0 atom stereocenters. The number of alkyl halides is 3. The molecule has 0 aliphatic heterocycles. The van der Waals surface area contributed by atoms with E-state index in [0.717, 1.165) is 49.8 Å². The van der Waals surface area contributed by atoms with Gasteiger partial charge in [0, 0.05) is 50.8 Å². The number of halogens is 3. The van der Waals surface area contributed by atoms with Gasteiger partial charge in [0.25, 0.3) is 0 Å². The van der Waals surface area contributed by atoms with Crippen LogP contribution in [0.5, 0.6) is 5.75 Å². The smallest absolute Gasteiger partial charge is 0.433 e. The summed E-state index contributed by atoms with van der Waals surface area (Å²) in [6.07, 6.45) is -1.35. The van der Waals surface area contributed by atoms with Crippen LogP contribution in [0.1, 0.15) is 57.3 Å². The standard InChI is InChI=1S/C39H37F3N4O3S/c1-37(2,3)50-34-30-18-29(49-23-28-16-14-26-8-6-7-9-31(26)45-28)21-44-35(30)46(32(34)19-38(4,5)36(47)48)22-24-10-12-25(13-11-24)27-15-17-33(43-20-27)39(40,41)42/h6-18,20-21H,19,22-23H2,1-5H3,(H,47,48). The number of ether oxygens (including phenoxy) is 1. The van der Waals surface area contributed by atoms with E-state index in [9.17, 15) is 23.1 Å². The van der Waals surface area contributed by atoms with Gasteiger partial charge >= 0.3 is 12.1 Å². The minimum Gasteiger partial charge on any atom is -0.486 e. The van der Waals surface area contributed by atoms with Crippen LogP contribution in [-0.4, -0.2) is 35.3 Å². The fraction of sp³-hybridized carbons (Fsp3) is 0.282. The first-order valence-corrected chi connectivity index (χ1v) is 16.9. The predicted molar refractivity (Wildman–Crippen MR) is 190 cm³/mol. The number of carbonyl (C=O) groups is 1. The maximum absolute atomic E-state index is 13.0. The average Bonchev–Trinajstić information content (AvgIpc) is 3.32. The van der Waals surface area contributed by atoms with Crippen LogP contribution in [0.4, 0.5) is 13.2 Å². The van der Waals surface area contributed by atoms with Gasteiger partial charge in [0.2, 0.25) is 0 Å². The van der Waals surface area contributed by atoms with Crippen LogP contribution >= 0.6 is 11.8 Å². The highest BCUT2D eigenvalue weighted by atomic mass is 32.2. The zero-order valence-corrected chi connectivity index (χ0v) is 29.2. The Morgan fingerprint density at radius 3 is 2.26 bits per heavy atom. The van der Waals surface area contributed by atoms with Crippen molar-refractivity contribution in [3.63, 3.8) is 0 Å². The zero-order chi connectivity index (χ0) is 35.8. The topological polar surface area (TPSA) is 90.1 Å². The van der Waals surface area contributed by atoms with Crippen molar-refractivity contribution in [2.75, 3.05) is 0 Å². The number of aliphatic carboxylic acids is 1. The Kier molecular flexibility index (Phi) is 9.39. The van der Waals surface area contributed by atoms with Crippen molar-refractivity contribution in [3.8, 4) is 16.9 Å². The van der Waals surface area contributed by atoms with Gasteiger partial charge in [-0.3, -0.25) is 9.78 Å². The minimum atomic E-state index is -4.51. The molecule has 0 unspecified atom stereocenters. The number of aromatic nitrogens is 4. The summed E-state index contributed by atoms with van der Waals surface area (Å²) in [5, 5.41) is 12.1. The van der Waals surface area contributed by atoms with Crippen molar-refractivity contribution in [3.05, 3.63) is 114 Å². The summed E-state index contributed by atoms with van der Waals surface area (Å²) in [7, 11) is 0. The molecule has 6 aromatic rings. The second-order valence-corrected chi connectivity index (χ2v) is 15.7. The lowest BCUT2D eigenvalue weighted by Gasteiger charge is -2.24. The number of nitrogens with zero attached hydrogens (tertiary/aromatic N) is 4. The fourth-order valence-corrected chi connectivity index (χ4v) is 6.80. The summed E-state index contributed by atoms with van der Waals surface area (Å²) in [6, 6.07) is 23.7. The molecule has 1 N–H and O–H groups in total. The molecule has 4 aromatic heterocycles. The van der Waals surface area contributed by atoms with Gasteiger partial charge < -0.3 is 14.4 Å². The second-order valence-electron chi connectivity index (χ2n) is 13.9. The van der Waals surface area contributed by atoms with Crippen LogP contribution < -0.4 is 4.74 Å². The molecule has 0 bridgehead atoms. The maximum Gasteiger partial charge on any atom is 0.433 e. The molecule has 11 heteroatoms. The molecule has 2 aromatic carbocycles. The molecule has 258 valence electrons.